The largest absolute Gasteiger partial charge is 0.491 e. The third kappa shape index (κ3) is 4.39. The fraction of sp³-hybridized carbons (Fsp3) is 0.500. The average molecular weight is 244 g/mol. The molecule has 0 fully saturated rings. The first kappa shape index (κ1) is 13.3. The lowest BCUT2D eigenvalue weighted by Gasteiger charge is -2.12. The molecule has 0 aliphatic carbocycles. The first-order valence-corrected chi connectivity index (χ1v) is 5.74. The molecule has 0 unspecified atom stereocenters. The van der Waals surface area contributed by atoms with Gasteiger partial charge in [0.15, 0.2) is 0 Å². The van der Waals surface area contributed by atoms with E-state index < -0.39 is 0 Å². The molecule has 0 amide bonds. The van der Waals surface area contributed by atoms with Crippen molar-refractivity contribution in [1.82, 2.24) is 0 Å². The molecule has 2 N–H and O–H groups in total. The Hall–Kier alpha value is -0.770. The summed E-state index contributed by atoms with van der Waals surface area (Å²) in [5.74, 6) is 0.777. The summed E-state index contributed by atoms with van der Waals surface area (Å²) in [5, 5.41) is 0.672. The highest BCUT2D eigenvalue weighted by Gasteiger charge is 2.03. The maximum atomic E-state index is 5.86. The number of hydrogen-bond acceptors (Lipinski definition) is 3. The van der Waals surface area contributed by atoms with E-state index in [4.69, 9.17) is 26.8 Å². The van der Waals surface area contributed by atoms with Crippen molar-refractivity contribution in [2.45, 2.75) is 26.5 Å². The van der Waals surface area contributed by atoms with Crippen molar-refractivity contribution in [1.29, 1.82) is 0 Å². The zero-order valence-electron chi connectivity index (χ0n) is 9.70. The Morgan fingerprint density at radius 3 is 2.69 bits per heavy atom. The molecule has 16 heavy (non-hydrogen) atoms. The van der Waals surface area contributed by atoms with E-state index in [2.05, 4.69) is 0 Å². The molecule has 0 aromatic heterocycles. The molecule has 3 nitrogen and oxygen atoms in total. The van der Waals surface area contributed by atoms with Crippen LogP contribution in [0.3, 0.4) is 0 Å². The van der Waals surface area contributed by atoms with Gasteiger partial charge in [0.1, 0.15) is 12.4 Å². The van der Waals surface area contributed by atoms with Crippen molar-refractivity contribution >= 4 is 11.6 Å². The van der Waals surface area contributed by atoms with Gasteiger partial charge in [-0.3, -0.25) is 0 Å². The Kier molecular flexibility index (Phi) is 5.60. The molecule has 0 spiro atoms. The maximum Gasteiger partial charge on any atom is 0.124 e. The number of ether oxygens (including phenoxy) is 2. The van der Waals surface area contributed by atoms with E-state index in [0.717, 1.165) is 11.3 Å². The Morgan fingerprint density at radius 2 is 2.06 bits per heavy atom. The van der Waals surface area contributed by atoms with Crippen molar-refractivity contribution in [3.8, 4) is 5.75 Å². The number of nitrogens with two attached hydrogens (primary N) is 1. The smallest absolute Gasteiger partial charge is 0.124 e. The molecule has 0 bridgehead atoms. The highest BCUT2D eigenvalue weighted by atomic mass is 35.5. The Labute approximate surface area is 101 Å². The average Bonchev–Trinajstić information content (AvgIpc) is 2.25. The van der Waals surface area contributed by atoms with Gasteiger partial charge in [0.2, 0.25) is 0 Å². The number of hydrogen-bond donors (Lipinski definition) is 1. The molecule has 1 aromatic rings. The molecule has 0 heterocycles. The van der Waals surface area contributed by atoms with Crippen LogP contribution >= 0.6 is 11.6 Å². The molecular weight excluding hydrogens is 226 g/mol. The van der Waals surface area contributed by atoms with E-state index >= 15 is 0 Å². The van der Waals surface area contributed by atoms with Gasteiger partial charge in [-0.2, -0.15) is 0 Å². The molecule has 0 atom stereocenters. The van der Waals surface area contributed by atoms with E-state index in [0.29, 0.717) is 24.8 Å². The van der Waals surface area contributed by atoms with Crippen LogP contribution in [-0.2, 0) is 11.3 Å². The first-order chi connectivity index (χ1) is 7.63. The van der Waals surface area contributed by atoms with Crippen LogP contribution < -0.4 is 10.5 Å². The van der Waals surface area contributed by atoms with Crippen molar-refractivity contribution in [2.24, 2.45) is 5.73 Å². The van der Waals surface area contributed by atoms with Crippen LogP contribution in [0, 0.1) is 0 Å². The number of rotatable bonds is 6. The predicted octanol–water partition coefficient (Wildman–Crippen LogP) is 2.60. The fourth-order valence-electron chi connectivity index (χ4n) is 1.28. The summed E-state index contributed by atoms with van der Waals surface area (Å²) >= 11 is 5.86. The normalized spacial score (nSPS) is 10.8. The molecule has 0 saturated carbocycles. The van der Waals surface area contributed by atoms with Gasteiger partial charge in [-0.1, -0.05) is 11.6 Å². The van der Waals surface area contributed by atoms with Crippen molar-refractivity contribution in [3.63, 3.8) is 0 Å². The van der Waals surface area contributed by atoms with Crippen LogP contribution in [0.4, 0.5) is 0 Å². The van der Waals surface area contributed by atoms with Crippen LogP contribution in [-0.4, -0.2) is 19.3 Å². The van der Waals surface area contributed by atoms with Gasteiger partial charge in [0.05, 0.1) is 12.7 Å². The molecule has 4 heteroatoms. The van der Waals surface area contributed by atoms with E-state index in [1.807, 2.05) is 26.0 Å². The molecule has 90 valence electrons. The van der Waals surface area contributed by atoms with Gasteiger partial charge in [-0.05, 0) is 32.0 Å². The van der Waals surface area contributed by atoms with Gasteiger partial charge >= 0.3 is 0 Å². The number of benzene rings is 1. The zero-order valence-corrected chi connectivity index (χ0v) is 10.5. The topological polar surface area (TPSA) is 44.5 Å². The highest BCUT2D eigenvalue weighted by molar-refractivity contribution is 6.30. The Morgan fingerprint density at radius 1 is 1.31 bits per heavy atom. The second kappa shape index (κ2) is 6.74. The highest BCUT2D eigenvalue weighted by Crippen LogP contribution is 2.22. The van der Waals surface area contributed by atoms with Crippen LogP contribution in [0.1, 0.15) is 19.4 Å². The third-order valence-corrected chi connectivity index (χ3v) is 2.27. The quantitative estimate of drug-likeness (QED) is 0.782. The minimum atomic E-state index is 0.225. The van der Waals surface area contributed by atoms with Crippen LogP contribution in [0.5, 0.6) is 5.75 Å². The van der Waals surface area contributed by atoms with Gasteiger partial charge in [0.25, 0.3) is 0 Å². The van der Waals surface area contributed by atoms with Crippen LogP contribution in [0.15, 0.2) is 18.2 Å². The number of halogens is 1. The van der Waals surface area contributed by atoms with Crippen molar-refractivity contribution < 1.29 is 9.47 Å². The fourth-order valence-corrected chi connectivity index (χ4v) is 1.48. The lowest BCUT2D eigenvalue weighted by Crippen LogP contribution is -2.12. The molecule has 0 saturated heterocycles. The monoisotopic (exact) mass is 243 g/mol. The Bertz CT molecular complexity index is 329. The summed E-state index contributed by atoms with van der Waals surface area (Å²) in [5.41, 5.74) is 6.52. The standard InChI is InChI=1S/C12H18ClNO2/c1-9(2)15-5-6-16-12-4-3-11(13)7-10(12)8-14/h3-4,7,9H,5-6,8,14H2,1-2H3. The second-order valence-corrected chi connectivity index (χ2v) is 4.16. The summed E-state index contributed by atoms with van der Waals surface area (Å²) in [6, 6.07) is 5.44. The first-order valence-electron chi connectivity index (χ1n) is 5.36. The minimum absolute atomic E-state index is 0.225. The molecule has 0 aliphatic rings. The van der Waals surface area contributed by atoms with Gasteiger partial charge in [-0.25, -0.2) is 0 Å². The third-order valence-electron chi connectivity index (χ3n) is 2.03. The van der Waals surface area contributed by atoms with E-state index in [1.165, 1.54) is 0 Å². The van der Waals surface area contributed by atoms with Crippen LogP contribution in [0.25, 0.3) is 0 Å². The minimum Gasteiger partial charge on any atom is -0.491 e. The van der Waals surface area contributed by atoms with E-state index in [1.54, 1.807) is 6.07 Å². The molecule has 0 radical (unpaired) electrons. The van der Waals surface area contributed by atoms with E-state index in [9.17, 15) is 0 Å². The van der Waals surface area contributed by atoms with Crippen molar-refractivity contribution in [3.05, 3.63) is 28.8 Å². The summed E-state index contributed by atoms with van der Waals surface area (Å²) in [4.78, 5) is 0. The summed E-state index contributed by atoms with van der Waals surface area (Å²) in [6.07, 6.45) is 0.225. The van der Waals surface area contributed by atoms with Gasteiger partial charge in [-0.15, -0.1) is 0 Å². The second-order valence-electron chi connectivity index (χ2n) is 3.72. The van der Waals surface area contributed by atoms with Gasteiger partial charge in [0, 0.05) is 17.1 Å². The van der Waals surface area contributed by atoms with E-state index in [-0.39, 0.29) is 6.10 Å². The van der Waals surface area contributed by atoms with Gasteiger partial charge < -0.3 is 15.2 Å². The molecule has 0 aliphatic heterocycles. The van der Waals surface area contributed by atoms with Crippen molar-refractivity contribution in [2.75, 3.05) is 13.2 Å². The Balaban J connectivity index is 2.47. The zero-order chi connectivity index (χ0) is 12.0. The summed E-state index contributed by atoms with van der Waals surface area (Å²) in [7, 11) is 0. The molecule has 1 aromatic carbocycles. The molecule has 1 rings (SSSR count). The molecular formula is C12H18ClNO2. The van der Waals surface area contributed by atoms with Crippen LogP contribution in [0.2, 0.25) is 5.02 Å². The summed E-state index contributed by atoms with van der Waals surface area (Å²) in [6.45, 7) is 5.50. The lowest BCUT2D eigenvalue weighted by atomic mass is 10.2. The SMILES string of the molecule is CC(C)OCCOc1ccc(Cl)cc1CN. The summed E-state index contributed by atoms with van der Waals surface area (Å²) < 4.78 is 10.9. The predicted molar refractivity (Wildman–Crippen MR) is 65.9 cm³/mol. The maximum absolute atomic E-state index is 5.86. The lowest BCUT2D eigenvalue weighted by molar-refractivity contribution is 0.0551.